The molecule has 1 aliphatic carbocycles. The highest BCUT2D eigenvalue weighted by atomic mass is 16.6. The molecular formula is C57H93N7O12. The van der Waals surface area contributed by atoms with Crippen LogP contribution in [0.15, 0.2) is 42.0 Å². The van der Waals surface area contributed by atoms with E-state index in [-0.39, 0.29) is 86.7 Å². The van der Waals surface area contributed by atoms with E-state index in [2.05, 4.69) is 53.4 Å². The van der Waals surface area contributed by atoms with Gasteiger partial charge in [-0.3, -0.25) is 28.8 Å². The predicted molar refractivity (Wildman–Crippen MR) is 289 cm³/mol. The number of carbonyl (C=O) groups is 7. The molecule has 1 aromatic carbocycles. The smallest absolute Gasteiger partial charge is 0.409 e. The number of ether oxygens (including phenoxy) is 4. The Morgan fingerprint density at radius 1 is 0.855 bits per heavy atom. The van der Waals surface area contributed by atoms with Crippen molar-refractivity contribution < 1.29 is 57.6 Å². The second kappa shape index (κ2) is 27.5. The van der Waals surface area contributed by atoms with Crippen LogP contribution in [0.5, 0.6) is 0 Å². The molecule has 6 N–H and O–H groups in total. The summed E-state index contributed by atoms with van der Waals surface area (Å²) in [5, 5.41) is 23.7. The van der Waals surface area contributed by atoms with Crippen molar-refractivity contribution in [2.75, 3.05) is 60.5 Å². The highest BCUT2D eigenvalue weighted by Crippen LogP contribution is 2.59. The molecule has 19 heteroatoms. The molecule has 1 saturated carbocycles. The van der Waals surface area contributed by atoms with Gasteiger partial charge in [-0.2, -0.15) is 0 Å². The third-order valence-electron chi connectivity index (χ3n) is 15.6. The number of rotatable bonds is 29. The minimum atomic E-state index is -1.15. The molecule has 1 spiro atoms. The summed E-state index contributed by atoms with van der Waals surface area (Å²) < 4.78 is 24.4. The lowest BCUT2D eigenvalue weighted by molar-refractivity contribution is -0.142. The van der Waals surface area contributed by atoms with Crippen molar-refractivity contribution >= 4 is 41.5 Å². The molecule has 7 amide bonds. The second-order valence-electron chi connectivity index (χ2n) is 23.9. The van der Waals surface area contributed by atoms with Crippen molar-refractivity contribution in [2.45, 2.75) is 176 Å². The van der Waals surface area contributed by atoms with E-state index in [0.29, 0.717) is 25.9 Å². The van der Waals surface area contributed by atoms with Gasteiger partial charge in [0.25, 0.3) is 0 Å². The lowest BCUT2D eigenvalue weighted by atomic mass is 9.64. The maximum atomic E-state index is 14.1. The fourth-order valence-electron chi connectivity index (χ4n) is 10.8. The van der Waals surface area contributed by atoms with E-state index in [9.17, 15) is 38.7 Å². The molecule has 19 nitrogen and oxygen atoms in total. The first-order chi connectivity index (χ1) is 35.5. The predicted octanol–water partition coefficient (Wildman–Crippen LogP) is 4.68. The minimum absolute atomic E-state index is 0.00995. The monoisotopic (exact) mass is 1070 g/mol. The first-order valence-electron chi connectivity index (χ1n) is 27.3. The zero-order chi connectivity index (χ0) is 56.9. The largest absolute Gasteiger partial charge is 0.443 e. The molecule has 3 aliphatic rings. The molecule has 4 rings (SSSR count). The Labute approximate surface area is 452 Å². The Morgan fingerprint density at radius 3 is 2.07 bits per heavy atom. The van der Waals surface area contributed by atoms with Crippen molar-refractivity contribution in [1.29, 1.82) is 0 Å². The molecular weight excluding hydrogens is 975 g/mol. The van der Waals surface area contributed by atoms with Crippen LogP contribution in [0.1, 0.15) is 127 Å². The number of carbonyl (C=O) groups excluding carboxylic acids is 7. The summed E-state index contributed by atoms with van der Waals surface area (Å²) in [5.74, 6) is -3.31. The van der Waals surface area contributed by atoms with E-state index in [0.717, 1.165) is 12.0 Å². The van der Waals surface area contributed by atoms with Crippen molar-refractivity contribution in [3.63, 3.8) is 0 Å². The number of amides is 7. The Morgan fingerprint density at radius 2 is 1.50 bits per heavy atom. The van der Waals surface area contributed by atoms with Crippen LogP contribution in [0.2, 0.25) is 0 Å². The molecule has 0 bridgehead atoms. The van der Waals surface area contributed by atoms with Gasteiger partial charge in [0.15, 0.2) is 0 Å². The number of hydrogen-bond donors (Lipinski definition) is 6. The standard InChI is InChI=1S/C57H93N7O12/c1-35(2)21-22-44-56(12,76-44)48-47(73-15)43(23-24-57(48)34-74-57)75-53(72)64(14)26-25-63(13)46(67)32-58-49(68)41(27-36(3)4)62-50(69)42(28-40-19-17-16-18-20-40)61-45(66)31-60-52(71)55(11,38(7)8)33-54(10,29-37(5)6)51(70)59-30-39(9)65/h16-21,36-39,41-44,47-48,65H,22-34H2,1-15H3,(H,58,68)(H,59,70)(H,60,71)(H,61,66)(H,62,69)/t39?,41-,42-,43?,44+,47?,48?,54?,55?,56+,57-/m0/s1. The van der Waals surface area contributed by atoms with Crippen LogP contribution in [0.25, 0.3) is 0 Å². The number of nitrogens with one attached hydrogen (secondary N) is 5. The third kappa shape index (κ3) is 17.5. The fourth-order valence-corrected chi connectivity index (χ4v) is 10.8. The van der Waals surface area contributed by atoms with Crippen molar-refractivity contribution in [2.24, 2.45) is 34.5 Å². The summed E-state index contributed by atoms with van der Waals surface area (Å²) >= 11 is 0. The van der Waals surface area contributed by atoms with Crippen LogP contribution < -0.4 is 26.6 Å². The van der Waals surface area contributed by atoms with Gasteiger partial charge in [0, 0.05) is 58.1 Å². The summed E-state index contributed by atoms with van der Waals surface area (Å²) in [7, 11) is 4.78. The summed E-state index contributed by atoms with van der Waals surface area (Å²) in [4.78, 5) is 98.9. The number of methoxy groups -OCH3 is 1. The molecule has 428 valence electrons. The average molecular weight is 1070 g/mol. The van der Waals surface area contributed by atoms with Gasteiger partial charge in [-0.15, -0.1) is 0 Å². The molecule has 76 heavy (non-hydrogen) atoms. The van der Waals surface area contributed by atoms with E-state index in [4.69, 9.17) is 18.9 Å². The van der Waals surface area contributed by atoms with Crippen molar-refractivity contribution in [1.82, 2.24) is 36.4 Å². The van der Waals surface area contributed by atoms with Gasteiger partial charge in [-0.1, -0.05) is 97.4 Å². The lowest BCUT2D eigenvalue weighted by Crippen LogP contribution is -2.57. The summed E-state index contributed by atoms with van der Waals surface area (Å²) in [6, 6.07) is 6.83. The topological polar surface area (TPSA) is 250 Å². The quantitative estimate of drug-likeness (QED) is 0.0473. The summed E-state index contributed by atoms with van der Waals surface area (Å²) in [5.41, 5.74) is -0.957. The van der Waals surface area contributed by atoms with Gasteiger partial charge in [-0.05, 0) is 89.5 Å². The van der Waals surface area contributed by atoms with Crippen LogP contribution in [0.3, 0.4) is 0 Å². The van der Waals surface area contributed by atoms with Crippen molar-refractivity contribution in [3.05, 3.63) is 47.5 Å². The van der Waals surface area contributed by atoms with E-state index in [1.54, 1.807) is 47.2 Å². The molecule has 0 aromatic heterocycles. The molecule has 2 saturated heterocycles. The van der Waals surface area contributed by atoms with E-state index >= 15 is 0 Å². The molecule has 6 unspecified atom stereocenters. The zero-order valence-corrected chi connectivity index (χ0v) is 48.3. The fraction of sp³-hybridized carbons (Fsp3) is 0.737. The van der Waals surface area contributed by atoms with Gasteiger partial charge < -0.3 is 60.4 Å². The summed E-state index contributed by atoms with van der Waals surface area (Å²) in [6.07, 6.45) is 2.89. The first-order valence-corrected chi connectivity index (χ1v) is 27.3. The SMILES string of the molecule is COC1C(OC(=O)N(C)CCN(C)C(=O)CNC(=O)[C@H](CC(C)C)NC(=O)[C@H](Cc2ccccc2)NC(=O)CNC(=O)C(C)(CC(C)(CC(C)C)C(=O)NCC(C)O)C(C)C)CC[C@]2(CO2)C1[C@]1(C)O[C@@H]1CC=C(C)C. The number of benzene rings is 1. The van der Waals surface area contributed by atoms with Gasteiger partial charge in [0.2, 0.25) is 35.4 Å². The van der Waals surface area contributed by atoms with Gasteiger partial charge >= 0.3 is 6.09 Å². The first kappa shape index (κ1) is 63.4. The molecule has 11 atom stereocenters. The van der Waals surface area contributed by atoms with Gasteiger partial charge in [0.1, 0.15) is 35.5 Å². The van der Waals surface area contributed by atoms with Crippen LogP contribution in [0.4, 0.5) is 4.79 Å². The van der Waals surface area contributed by atoms with Crippen LogP contribution in [0, 0.1) is 34.5 Å². The number of aliphatic hydroxyl groups is 1. The Hall–Kier alpha value is -5.11. The number of epoxide rings is 2. The zero-order valence-electron chi connectivity index (χ0n) is 48.3. The maximum Gasteiger partial charge on any atom is 0.409 e. The Kier molecular flexibility index (Phi) is 22.9. The normalized spacial score (nSPS) is 24.5. The molecule has 0 radical (unpaired) electrons. The molecule has 2 aliphatic heterocycles. The Bertz CT molecular complexity index is 2180. The van der Waals surface area contributed by atoms with E-state index in [1.807, 2.05) is 66.7 Å². The highest BCUT2D eigenvalue weighted by Gasteiger charge is 2.72. The maximum absolute atomic E-state index is 14.1. The molecule has 3 fully saturated rings. The Balaban J connectivity index is 1.34. The number of aliphatic hydroxyl groups excluding tert-OH is 1. The van der Waals surface area contributed by atoms with E-state index in [1.165, 1.54) is 15.4 Å². The van der Waals surface area contributed by atoms with Crippen molar-refractivity contribution in [3.8, 4) is 0 Å². The van der Waals surface area contributed by atoms with E-state index < -0.39 is 89.0 Å². The lowest BCUT2D eigenvalue weighted by Gasteiger charge is -2.43. The van der Waals surface area contributed by atoms with Crippen LogP contribution in [-0.2, 0) is 54.1 Å². The third-order valence-corrected chi connectivity index (χ3v) is 15.6. The average Bonchev–Trinajstić information content (AvgIpc) is 4.27. The number of allylic oxidation sites excluding steroid dienone is 1. The van der Waals surface area contributed by atoms with Crippen LogP contribution in [-0.4, -0.2) is 165 Å². The number of nitrogens with zero attached hydrogens (tertiary/aromatic N) is 2. The highest BCUT2D eigenvalue weighted by molar-refractivity contribution is 5.95. The van der Waals surface area contributed by atoms with Gasteiger partial charge in [0.05, 0.1) is 37.8 Å². The van der Waals surface area contributed by atoms with Gasteiger partial charge in [-0.25, -0.2) is 4.79 Å². The molecule has 2 heterocycles. The number of hydrogen-bond acceptors (Lipinski definition) is 12. The molecule has 1 aromatic rings. The number of likely N-dealkylation sites (N-methyl/N-ethyl adjacent to an activating group) is 2. The minimum Gasteiger partial charge on any atom is -0.443 e. The second-order valence-corrected chi connectivity index (χ2v) is 23.9. The summed E-state index contributed by atoms with van der Waals surface area (Å²) in [6.45, 7) is 23.0. The van der Waals surface area contributed by atoms with Crippen LogP contribution >= 0.6 is 0 Å².